The van der Waals surface area contributed by atoms with Crippen LogP contribution >= 0.6 is 0 Å². The minimum Gasteiger partial charge on any atom is -0.308 e. The van der Waals surface area contributed by atoms with Crippen LogP contribution in [0.5, 0.6) is 0 Å². The van der Waals surface area contributed by atoms with Gasteiger partial charge in [-0.1, -0.05) is 6.07 Å². The standard InChI is InChI=1S/C16H25N3/c1-12-10-18-16(3,14-7-8-14)11-19(12)13(2)15-6-4-5-9-17-15/h4-6,9,12-14,18H,7-8,10-11H2,1-3H3. The van der Waals surface area contributed by atoms with E-state index in [9.17, 15) is 0 Å². The van der Waals surface area contributed by atoms with Crippen LogP contribution in [0.3, 0.4) is 0 Å². The molecule has 1 aromatic rings. The highest BCUT2D eigenvalue weighted by Crippen LogP contribution is 2.42. The summed E-state index contributed by atoms with van der Waals surface area (Å²) in [6.45, 7) is 9.23. The number of aromatic nitrogens is 1. The first-order valence-electron chi connectivity index (χ1n) is 7.52. The molecular formula is C16H25N3. The number of pyridine rings is 1. The molecule has 2 fully saturated rings. The van der Waals surface area contributed by atoms with E-state index in [0.29, 0.717) is 17.6 Å². The van der Waals surface area contributed by atoms with E-state index in [1.807, 2.05) is 12.3 Å². The van der Waals surface area contributed by atoms with Crippen LogP contribution in [0, 0.1) is 5.92 Å². The van der Waals surface area contributed by atoms with Crippen LogP contribution in [0.25, 0.3) is 0 Å². The Kier molecular flexibility index (Phi) is 3.35. The molecule has 2 aliphatic rings. The molecule has 1 saturated heterocycles. The lowest BCUT2D eigenvalue weighted by Crippen LogP contribution is -2.63. The van der Waals surface area contributed by atoms with Crippen molar-refractivity contribution in [1.82, 2.24) is 15.2 Å². The molecule has 2 heterocycles. The van der Waals surface area contributed by atoms with Gasteiger partial charge in [0.15, 0.2) is 0 Å². The van der Waals surface area contributed by atoms with E-state index in [-0.39, 0.29) is 0 Å². The van der Waals surface area contributed by atoms with Gasteiger partial charge in [0, 0.05) is 36.9 Å². The van der Waals surface area contributed by atoms with Crippen molar-refractivity contribution in [3.63, 3.8) is 0 Å². The van der Waals surface area contributed by atoms with Gasteiger partial charge in [-0.3, -0.25) is 9.88 Å². The van der Waals surface area contributed by atoms with E-state index in [4.69, 9.17) is 0 Å². The Bertz CT molecular complexity index is 429. The van der Waals surface area contributed by atoms with Crippen LogP contribution in [-0.2, 0) is 0 Å². The molecule has 3 atom stereocenters. The average molecular weight is 259 g/mol. The number of hydrogen-bond acceptors (Lipinski definition) is 3. The molecule has 0 aromatic carbocycles. The smallest absolute Gasteiger partial charge is 0.0572 e. The molecule has 0 bridgehead atoms. The third-order valence-electron chi connectivity index (χ3n) is 4.97. The topological polar surface area (TPSA) is 28.2 Å². The summed E-state index contributed by atoms with van der Waals surface area (Å²) in [7, 11) is 0. The van der Waals surface area contributed by atoms with E-state index in [1.54, 1.807) is 0 Å². The summed E-state index contributed by atoms with van der Waals surface area (Å²) in [5.41, 5.74) is 1.49. The van der Waals surface area contributed by atoms with Crippen LogP contribution in [0.4, 0.5) is 0 Å². The summed E-state index contributed by atoms with van der Waals surface area (Å²) in [5, 5.41) is 3.78. The summed E-state index contributed by atoms with van der Waals surface area (Å²) in [4.78, 5) is 7.16. The highest BCUT2D eigenvalue weighted by Gasteiger charge is 2.46. The van der Waals surface area contributed by atoms with Crippen LogP contribution in [0.2, 0.25) is 0 Å². The first-order chi connectivity index (χ1) is 9.10. The van der Waals surface area contributed by atoms with Gasteiger partial charge in [0.05, 0.1) is 5.69 Å². The van der Waals surface area contributed by atoms with Crippen molar-refractivity contribution in [3.05, 3.63) is 30.1 Å². The minimum absolute atomic E-state index is 0.301. The lowest BCUT2D eigenvalue weighted by atomic mass is 9.90. The van der Waals surface area contributed by atoms with Crippen LogP contribution < -0.4 is 5.32 Å². The Balaban J connectivity index is 1.78. The predicted molar refractivity (Wildman–Crippen MR) is 78.0 cm³/mol. The maximum Gasteiger partial charge on any atom is 0.0572 e. The Hall–Kier alpha value is -0.930. The van der Waals surface area contributed by atoms with Crippen molar-refractivity contribution >= 4 is 0 Å². The van der Waals surface area contributed by atoms with Gasteiger partial charge in [0.2, 0.25) is 0 Å². The van der Waals surface area contributed by atoms with Gasteiger partial charge in [-0.2, -0.15) is 0 Å². The summed E-state index contributed by atoms with van der Waals surface area (Å²) in [6.07, 6.45) is 4.69. The monoisotopic (exact) mass is 259 g/mol. The van der Waals surface area contributed by atoms with Crippen LogP contribution in [-0.4, -0.2) is 34.6 Å². The van der Waals surface area contributed by atoms with Crippen LogP contribution in [0.15, 0.2) is 24.4 Å². The molecule has 3 unspecified atom stereocenters. The molecule has 0 spiro atoms. The lowest BCUT2D eigenvalue weighted by Gasteiger charge is -2.48. The third-order valence-corrected chi connectivity index (χ3v) is 4.97. The van der Waals surface area contributed by atoms with Crippen molar-refractivity contribution in [2.75, 3.05) is 13.1 Å². The quantitative estimate of drug-likeness (QED) is 0.904. The summed E-state index contributed by atoms with van der Waals surface area (Å²) in [5.74, 6) is 0.874. The molecule has 1 aromatic heterocycles. The molecule has 104 valence electrons. The predicted octanol–water partition coefficient (Wildman–Crippen LogP) is 2.61. The van der Waals surface area contributed by atoms with Crippen molar-refractivity contribution in [2.45, 2.75) is 51.2 Å². The molecular weight excluding hydrogens is 234 g/mol. The summed E-state index contributed by atoms with van der Waals surface area (Å²) in [6, 6.07) is 7.20. The van der Waals surface area contributed by atoms with Gasteiger partial charge in [0.1, 0.15) is 0 Å². The first-order valence-corrected chi connectivity index (χ1v) is 7.52. The number of piperazine rings is 1. The summed E-state index contributed by atoms with van der Waals surface area (Å²) >= 11 is 0. The van der Waals surface area contributed by atoms with Gasteiger partial charge in [-0.05, 0) is 51.7 Å². The highest BCUT2D eigenvalue weighted by atomic mass is 15.3. The molecule has 19 heavy (non-hydrogen) atoms. The van der Waals surface area contributed by atoms with E-state index in [2.05, 4.69) is 48.1 Å². The van der Waals surface area contributed by atoms with E-state index < -0.39 is 0 Å². The SMILES string of the molecule is CC1CNC(C)(C2CC2)CN1C(C)c1ccccn1. The van der Waals surface area contributed by atoms with Gasteiger partial charge in [-0.25, -0.2) is 0 Å². The Morgan fingerprint density at radius 1 is 1.42 bits per heavy atom. The highest BCUT2D eigenvalue weighted by molar-refractivity contribution is 5.11. The first kappa shape index (κ1) is 13.1. The number of hydrogen-bond donors (Lipinski definition) is 1. The van der Waals surface area contributed by atoms with Crippen LogP contribution in [0.1, 0.15) is 45.3 Å². The number of nitrogens with one attached hydrogen (secondary N) is 1. The van der Waals surface area contributed by atoms with Gasteiger partial charge < -0.3 is 5.32 Å². The molecule has 3 nitrogen and oxygen atoms in total. The molecule has 0 amide bonds. The van der Waals surface area contributed by atoms with Crippen molar-refractivity contribution in [1.29, 1.82) is 0 Å². The zero-order valence-electron chi connectivity index (χ0n) is 12.3. The van der Waals surface area contributed by atoms with E-state index >= 15 is 0 Å². The molecule has 3 rings (SSSR count). The van der Waals surface area contributed by atoms with Crippen molar-refractivity contribution in [2.24, 2.45) is 5.92 Å². The third kappa shape index (κ3) is 2.54. The second-order valence-corrected chi connectivity index (χ2v) is 6.52. The maximum absolute atomic E-state index is 4.53. The zero-order chi connectivity index (χ0) is 13.5. The van der Waals surface area contributed by atoms with Gasteiger partial charge >= 0.3 is 0 Å². The average Bonchev–Trinajstić information content (AvgIpc) is 3.27. The van der Waals surface area contributed by atoms with Crippen molar-refractivity contribution < 1.29 is 0 Å². The second kappa shape index (κ2) is 4.88. The number of nitrogens with zero attached hydrogens (tertiary/aromatic N) is 2. The second-order valence-electron chi connectivity index (χ2n) is 6.52. The fraction of sp³-hybridized carbons (Fsp3) is 0.688. The van der Waals surface area contributed by atoms with Gasteiger partial charge in [-0.15, -0.1) is 0 Å². The fourth-order valence-electron chi connectivity index (χ4n) is 3.39. The summed E-state index contributed by atoms with van der Waals surface area (Å²) < 4.78 is 0. The fourth-order valence-corrected chi connectivity index (χ4v) is 3.39. The maximum atomic E-state index is 4.53. The van der Waals surface area contributed by atoms with E-state index in [1.165, 1.54) is 18.5 Å². The molecule has 1 N–H and O–H groups in total. The zero-order valence-corrected chi connectivity index (χ0v) is 12.3. The molecule has 0 radical (unpaired) electrons. The van der Waals surface area contributed by atoms with Gasteiger partial charge in [0.25, 0.3) is 0 Å². The number of rotatable bonds is 3. The largest absolute Gasteiger partial charge is 0.308 e. The minimum atomic E-state index is 0.301. The van der Waals surface area contributed by atoms with Crippen molar-refractivity contribution in [3.8, 4) is 0 Å². The molecule has 1 aliphatic heterocycles. The van der Waals surface area contributed by atoms with E-state index in [0.717, 1.165) is 19.0 Å². The normalized spacial score (nSPS) is 34.2. The molecule has 1 saturated carbocycles. The molecule has 1 aliphatic carbocycles. The molecule has 3 heteroatoms. The Morgan fingerprint density at radius 3 is 2.84 bits per heavy atom. The Morgan fingerprint density at radius 2 is 2.21 bits per heavy atom. The lowest BCUT2D eigenvalue weighted by molar-refractivity contribution is 0.0503. The Labute approximate surface area is 116 Å².